The second-order valence-electron chi connectivity index (χ2n) is 8.14. The minimum atomic E-state index is -0.680. The van der Waals surface area contributed by atoms with Gasteiger partial charge < -0.3 is 9.84 Å². The van der Waals surface area contributed by atoms with Gasteiger partial charge in [0, 0.05) is 16.8 Å². The fraction of sp³-hybridized carbons (Fsp3) is 0.148. The Morgan fingerprint density at radius 3 is 2.68 bits per heavy atom. The zero-order valence-electron chi connectivity index (χ0n) is 18.9. The number of ketones is 1. The maximum absolute atomic E-state index is 13.7. The number of phenols is 1. The minimum Gasteiger partial charge on any atom is -0.508 e. The number of allylic oxidation sites excluding steroid dienone is 2. The molecule has 0 bridgehead atoms. The predicted octanol–water partition coefficient (Wildman–Crippen LogP) is 3.69. The maximum Gasteiger partial charge on any atom is 0.271 e. The third kappa shape index (κ3) is 3.54. The molecule has 1 atom stereocenters. The molecule has 2 heterocycles. The quantitative estimate of drug-likeness (QED) is 0.493. The highest BCUT2D eigenvalue weighted by molar-refractivity contribution is 7.07. The monoisotopic (exact) mass is 470 g/mol. The van der Waals surface area contributed by atoms with E-state index >= 15 is 0 Å². The van der Waals surface area contributed by atoms with Crippen LogP contribution in [-0.2, 0) is 4.79 Å². The molecule has 0 aliphatic carbocycles. The highest BCUT2D eigenvalue weighted by Gasteiger charge is 2.33. The van der Waals surface area contributed by atoms with E-state index in [2.05, 4.69) is 4.99 Å². The van der Waals surface area contributed by atoms with Crippen molar-refractivity contribution >= 4 is 34.0 Å². The van der Waals surface area contributed by atoms with Gasteiger partial charge in [-0.3, -0.25) is 14.2 Å². The lowest BCUT2D eigenvalue weighted by atomic mass is 9.89. The second-order valence-corrected chi connectivity index (χ2v) is 9.14. The molecule has 7 heteroatoms. The number of carbonyl (C=O) groups excluding carboxylic acids is 1. The van der Waals surface area contributed by atoms with Gasteiger partial charge in [0.25, 0.3) is 5.56 Å². The van der Waals surface area contributed by atoms with Gasteiger partial charge in [-0.2, -0.15) is 0 Å². The van der Waals surface area contributed by atoms with Crippen molar-refractivity contribution in [2.24, 2.45) is 4.99 Å². The molecule has 0 fully saturated rings. The van der Waals surface area contributed by atoms with Crippen molar-refractivity contribution in [2.45, 2.75) is 19.9 Å². The lowest BCUT2D eigenvalue weighted by Crippen LogP contribution is -2.39. The van der Waals surface area contributed by atoms with Crippen LogP contribution in [0.15, 0.2) is 81.7 Å². The third-order valence-corrected chi connectivity index (χ3v) is 6.98. The smallest absolute Gasteiger partial charge is 0.271 e. The fourth-order valence-corrected chi connectivity index (χ4v) is 5.59. The number of carbonyl (C=O) groups is 1. The van der Waals surface area contributed by atoms with Crippen LogP contribution >= 0.6 is 11.3 Å². The van der Waals surface area contributed by atoms with Crippen LogP contribution in [0, 0.1) is 0 Å². The summed E-state index contributed by atoms with van der Waals surface area (Å²) < 4.78 is 7.78. The van der Waals surface area contributed by atoms with E-state index in [0.29, 0.717) is 31.9 Å². The summed E-state index contributed by atoms with van der Waals surface area (Å²) in [6.45, 7) is 3.30. The Bertz CT molecular complexity index is 1680. The molecule has 0 spiro atoms. The highest BCUT2D eigenvalue weighted by atomic mass is 32.1. The molecule has 1 aromatic heterocycles. The molecule has 0 unspecified atom stereocenters. The topological polar surface area (TPSA) is 80.9 Å². The minimum absolute atomic E-state index is 0.120. The molecule has 1 aliphatic heterocycles. The van der Waals surface area contributed by atoms with E-state index in [4.69, 9.17) is 4.74 Å². The largest absolute Gasteiger partial charge is 0.508 e. The van der Waals surface area contributed by atoms with Gasteiger partial charge in [-0.05, 0) is 54.5 Å². The molecule has 34 heavy (non-hydrogen) atoms. The Morgan fingerprint density at radius 2 is 1.94 bits per heavy atom. The van der Waals surface area contributed by atoms with Crippen molar-refractivity contribution in [3.8, 4) is 11.5 Å². The molecule has 0 amide bonds. The van der Waals surface area contributed by atoms with Crippen molar-refractivity contribution in [3.63, 3.8) is 0 Å². The second kappa shape index (κ2) is 8.43. The summed E-state index contributed by atoms with van der Waals surface area (Å²) in [7, 11) is 1.59. The first-order chi connectivity index (χ1) is 16.4. The van der Waals surface area contributed by atoms with Crippen LogP contribution in [0.5, 0.6) is 11.5 Å². The summed E-state index contributed by atoms with van der Waals surface area (Å²) in [4.78, 5) is 31.8. The van der Waals surface area contributed by atoms with E-state index < -0.39 is 6.04 Å². The van der Waals surface area contributed by atoms with Gasteiger partial charge in [-0.15, -0.1) is 0 Å². The first-order valence-electron chi connectivity index (χ1n) is 10.8. The number of methoxy groups -OCH3 is 1. The van der Waals surface area contributed by atoms with Crippen molar-refractivity contribution in [2.75, 3.05) is 7.11 Å². The lowest BCUT2D eigenvalue weighted by molar-refractivity contribution is -0.114. The molecule has 170 valence electrons. The van der Waals surface area contributed by atoms with E-state index in [9.17, 15) is 14.7 Å². The predicted molar refractivity (Wildman–Crippen MR) is 133 cm³/mol. The number of nitrogens with zero attached hydrogens (tertiary/aromatic N) is 2. The average Bonchev–Trinajstić information content (AvgIpc) is 3.11. The number of ether oxygens (including phenoxy) is 1. The first kappa shape index (κ1) is 21.9. The van der Waals surface area contributed by atoms with Crippen LogP contribution in [0.3, 0.4) is 0 Å². The SMILES string of the molecule is COc1ccc2ccccc2c1[C@@H]1C(C(C)=O)=C(C)N=c2s/c(=C\c3cccc(O)c3)c(=O)n21. The number of fused-ring (bicyclic) bond motifs is 2. The summed E-state index contributed by atoms with van der Waals surface area (Å²) >= 11 is 1.26. The standard InChI is InChI=1S/C27H22N2O4S/c1-15-23(16(2)30)25(24-20-10-5-4-8-18(20)11-12-21(24)33-3)29-26(32)22(34-27(29)28-15)14-17-7-6-9-19(31)13-17/h4-14,25,31H,1-3H3/b22-14-/t25-/m0/s1. The average molecular weight is 471 g/mol. The zero-order valence-corrected chi connectivity index (χ0v) is 19.7. The Kier molecular flexibility index (Phi) is 5.42. The molecule has 0 saturated heterocycles. The molecule has 1 aliphatic rings. The number of hydrogen-bond acceptors (Lipinski definition) is 6. The Hall–Kier alpha value is -3.97. The first-order valence-corrected chi connectivity index (χ1v) is 11.6. The molecular formula is C27H22N2O4S. The molecule has 6 nitrogen and oxygen atoms in total. The highest BCUT2D eigenvalue weighted by Crippen LogP contribution is 2.40. The maximum atomic E-state index is 13.7. The van der Waals surface area contributed by atoms with Gasteiger partial charge in [0.15, 0.2) is 10.6 Å². The van der Waals surface area contributed by atoms with Crippen LogP contribution in [-0.4, -0.2) is 22.6 Å². The van der Waals surface area contributed by atoms with Gasteiger partial charge in [0.2, 0.25) is 0 Å². The number of phenolic OH excluding ortho intramolecular Hbond substituents is 1. The number of aromatic hydroxyl groups is 1. The Labute approximate surface area is 199 Å². The van der Waals surface area contributed by atoms with Crippen molar-refractivity contribution < 1.29 is 14.6 Å². The zero-order chi connectivity index (χ0) is 24.0. The van der Waals surface area contributed by atoms with E-state index in [1.807, 2.05) is 42.5 Å². The number of rotatable bonds is 4. The summed E-state index contributed by atoms with van der Waals surface area (Å²) in [5.74, 6) is 0.567. The van der Waals surface area contributed by atoms with Gasteiger partial charge >= 0.3 is 0 Å². The molecular weight excluding hydrogens is 448 g/mol. The number of aromatic nitrogens is 1. The molecule has 0 radical (unpaired) electrons. The van der Waals surface area contributed by atoms with Crippen LogP contribution < -0.4 is 19.6 Å². The van der Waals surface area contributed by atoms with Crippen molar-refractivity contribution in [3.05, 3.63) is 103 Å². The summed E-state index contributed by atoms with van der Waals surface area (Å²) in [6, 6.07) is 17.7. The van der Waals surface area contributed by atoms with E-state index in [0.717, 1.165) is 16.3 Å². The normalized spacial score (nSPS) is 15.9. The number of benzene rings is 3. The molecule has 0 saturated carbocycles. The van der Waals surface area contributed by atoms with Crippen LogP contribution in [0.1, 0.15) is 31.0 Å². The van der Waals surface area contributed by atoms with Crippen molar-refractivity contribution in [1.82, 2.24) is 4.57 Å². The van der Waals surface area contributed by atoms with Gasteiger partial charge in [0.05, 0.1) is 17.7 Å². The summed E-state index contributed by atoms with van der Waals surface area (Å²) in [5, 5.41) is 11.7. The molecule has 1 N–H and O–H groups in total. The third-order valence-electron chi connectivity index (χ3n) is 5.99. The Morgan fingerprint density at radius 1 is 1.15 bits per heavy atom. The summed E-state index contributed by atoms with van der Waals surface area (Å²) in [5.41, 5.74) is 2.25. The van der Waals surface area contributed by atoms with Gasteiger partial charge in [0.1, 0.15) is 11.5 Å². The molecule has 4 aromatic rings. The number of hydrogen-bond donors (Lipinski definition) is 1. The van der Waals surface area contributed by atoms with Crippen LogP contribution in [0.25, 0.3) is 16.8 Å². The molecule has 5 rings (SSSR count). The van der Waals surface area contributed by atoms with E-state index in [1.165, 1.54) is 18.3 Å². The van der Waals surface area contributed by atoms with E-state index in [-0.39, 0.29) is 17.1 Å². The lowest BCUT2D eigenvalue weighted by Gasteiger charge is -2.27. The number of Topliss-reactive ketones (excluding diaryl/α,β-unsaturated/α-hetero) is 1. The number of thiazole rings is 1. The van der Waals surface area contributed by atoms with Gasteiger partial charge in [-0.25, -0.2) is 4.99 Å². The van der Waals surface area contributed by atoms with Crippen LogP contribution in [0.2, 0.25) is 0 Å². The van der Waals surface area contributed by atoms with Crippen LogP contribution in [0.4, 0.5) is 0 Å². The Balaban J connectivity index is 1.87. The molecule has 3 aromatic carbocycles. The van der Waals surface area contributed by atoms with E-state index in [1.54, 1.807) is 42.9 Å². The van der Waals surface area contributed by atoms with Crippen molar-refractivity contribution in [1.29, 1.82) is 0 Å². The fourth-order valence-electron chi connectivity index (χ4n) is 4.55. The van der Waals surface area contributed by atoms with Gasteiger partial charge in [-0.1, -0.05) is 53.8 Å². The summed E-state index contributed by atoms with van der Waals surface area (Å²) in [6.07, 6.45) is 1.73.